The first kappa shape index (κ1) is 17.8. The minimum absolute atomic E-state index is 0.102. The van der Waals surface area contributed by atoms with E-state index in [0.717, 1.165) is 0 Å². The van der Waals surface area contributed by atoms with Crippen LogP contribution in [0.15, 0.2) is 42.9 Å². The maximum atomic E-state index is 11.7. The zero-order chi connectivity index (χ0) is 16.8. The SMILES string of the molecule is C=C/C=C(/CNC(=O)OC(C)(C)C)[C@](C)(O)c1cnccn1. The number of ether oxygens (including phenoxy) is 1. The van der Waals surface area contributed by atoms with Gasteiger partial charge in [0, 0.05) is 18.9 Å². The molecular weight excluding hydrogens is 282 g/mol. The average molecular weight is 305 g/mol. The molecule has 0 bridgehead atoms. The molecule has 6 nitrogen and oxygen atoms in total. The van der Waals surface area contributed by atoms with Gasteiger partial charge in [0.1, 0.15) is 11.2 Å². The van der Waals surface area contributed by atoms with Gasteiger partial charge in [-0.15, -0.1) is 0 Å². The van der Waals surface area contributed by atoms with Crippen molar-refractivity contribution in [3.05, 3.63) is 48.6 Å². The number of nitrogens with one attached hydrogen (secondary N) is 1. The first-order chi connectivity index (χ1) is 10.2. The number of hydrogen-bond acceptors (Lipinski definition) is 5. The molecule has 1 aromatic heterocycles. The Morgan fingerprint density at radius 2 is 2.09 bits per heavy atom. The summed E-state index contributed by atoms with van der Waals surface area (Å²) in [5.74, 6) is 0. The summed E-state index contributed by atoms with van der Waals surface area (Å²) in [6.45, 7) is 10.7. The molecule has 1 amide bonds. The number of aliphatic hydroxyl groups is 1. The summed E-state index contributed by atoms with van der Waals surface area (Å²) in [6, 6.07) is 0. The molecule has 0 aliphatic rings. The van der Waals surface area contributed by atoms with Crippen LogP contribution in [0.5, 0.6) is 0 Å². The third-order valence-electron chi connectivity index (χ3n) is 2.83. The van der Waals surface area contributed by atoms with Gasteiger partial charge < -0.3 is 15.2 Å². The second kappa shape index (κ2) is 7.17. The summed E-state index contributed by atoms with van der Waals surface area (Å²) in [7, 11) is 0. The highest BCUT2D eigenvalue weighted by Gasteiger charge is 2.30. The van der Waals surface area contributed by atoms with E-state index in [1.54, 1.807) is 33.8 Å². The molecule has 0 fully saturated rings. The number of amides is 1. The lowest BCUT2D eigenvalue weighted by atomic mass is 9.92. The Bertz CT molecular complexity index is 546. The molecule has 0 unspecified atom stereocenters. The quantitative estimate of drug-likeness (QED) is 0.816. The van der Waals surface area contributed by atoms with E-state index in [9.17, 15) is 9.90 Å². The molecule has 1 aromatic rings. The van der Waals surface area contributed by atoms with Gasteiger partial charge in [-0.05, 0) is 33.3 Å². The van der Waals surface area contributed by atoms with Crippen molar-refractivity contribution in [1.82, 2.24) is 15.3 Å². The summed E-state index contributed by atoms with van der Waals surface area (Å²) in [6.07, 6.45) is 7.11. The van der Waals surface area contributed by atoms with Crippen LogP contribution in [0.1, 0.15) is 33.4 Å². The standard InChI is InChI=1S/C16H23N3O3/c1-6-7-12(10-19-14(20)22-15(2,3)4)16(5,21)13-11-17-8-9-18-13/h6-9,11,21H,1,10H2,2-5H3,(H,19,20)/b12-7-/t16-/m0/s1. The second-order valence-electron chi connectivity index (χ2n) is 5.95. The lowest BCUT2D eigenvalue weighted by molar-refractivity contribution is 0.0515. The second-order valence-corrected chi connectivity index (χ2v) is 5.95. The van der Waals surface area contributed by atoms with Crippen LogP contribution in [0.3, 0.4) is 0 Å². The fraction of sp³-hybridized carbons (Fsp3) is 0.438. The van der Waals surface area contributed by atoms with Crippen LogP contribution in [0, 0.1) is 0 Å². The highest BCUT2D eigenvalue weighted by molar-refractivity contribution is 5.68. The van der Waals surface area contributed by atoms with Crippen LogP contribution >= 0.6 is 0 Å². The Morgan fingerprint density at radius 3 is 2.59 bits per heavy atom. The number of nitrogens with zero attached hydrogens (tertiary/aromatic N) is 2. The molecule has 0 spiro atoms. The van der Waals surface area contributed by atoms with Gasteiger partial charge in [-0.2, -0.15) is 0 Å². The largest absolute Gasteiger partial charge is 0.444 e. The van der Waals surface area contributed by atoms with Gasteiger partial charge >= 0.3 is 6.09 Å². The number of hydrogen-bond donors (Lipinski definition) is 2. The molecular formula is C16H23N3O3. The Labute approximate surface area is 130 Å². The van der Waals surface area contributed by atoms with Gasteiger partial charge in [-0.3, -0.25) is 9.97 Å². The average Bonchev–Trinajstić information content (AvgIpc) is 2.42. The van der Waals surface area contributed by atoms with E-state index in [-0.39, 0.29) is 6.54 Å². The van der Waals surface area contributed by atoms with Crippen molar-refractivity contribution in [3.63, 3.8) is 0 Å². The third kappa shape index (κ3) is 5.29. The molecule has 0 aliphatic carbocycles. The monoisotopic (exact) mass is 305 g/mol. The molecule has 1 heterocycles. The minimum Gasteiger partial charge on any atom is -0.444 e. The Morgan fingerprint density at radius 1 is 1.41 bits per heavy atom. The lowest BCUT2D eigenvalue weighted by Gasteiger charge is -2.26. The molecule has 0 radical (unpaired) electrons. The highest BCUT2D eigenvalue weighted by atomic mass is 16.6. The molecule has 0 aromatic carbocycles. The Hall–Kier alpha value is -2.21. The molecule has 0 aliphatic heterocycles. The van der Waals surface area contributed by atoms with Crippen molar-refractivity contribution in [2.24, 2.45) is 0 Å². The first-order valence-electron chi connectivity index (χ1n) is 6.94. The van der Waals surface area contributed by atoms with Gasteiger partial charge in [0.15, 0.2) is 0 Å². The normalized spacial score (nSPS) is 14.9. The summed E-state index contributed by atoms with van der Waals surface area (Å²) in [5.41, 5.74) is -1.06. The van der Waals surface area contributed by atoms with E-state index in [1.807, 2.05) is 0 Å². The molecule has 2 N–H and O–H groups in total. The molecule has 1 rings (SSSR count). The van der Waals surface area contributed by atoms with Gasteiger partial charge in [0.2, 0.25) is 0 Å². The van der Waals surface area contributed by atoms with Gasteiger partial charge in [0.05, 0.1) is 11.9 Å². The van der Waals surface area contributed by atoms with E-state index in [0.29, 0.717) is 11.3 Å². The Balaban J connectivity index is 2.85. The number of aromatic nitrogens is 2. The number of rotatable bonds is 5. The van der Waals surface area contributed by atoms with E-state index in [1.165, 1.54) is 24.7 Å². The molecule has 1 atom stereocenters. The lowest BCUT2D eigenvalue weighted by Crippen LogP contribution is -2.37. The van der Waals surface area contributed by atoms with E-state index in [2.05, 4.69) is 21.9 Å². The highest BCUT2D eigenvalue weighted by Crippen LogP contribution is 2.26. The van der Waals surface area contributed by atoms with Gasteiger partial charge in [0.25, 0.3) is 0 Å². The zero-order valence-corrected chi connectivity index (χ0v) is 13.5. The topological polar surface area (TPSA) is 84.3 Å². The van der Waals surface area contributed by atoms with E-state index < -0.39 is 17.3 Å². The smallest absolute Gasteiger partial charge is 0.407 e. The third-order valence-corrected chi connectivity index (χ3v) is 2.83. The zero-order valence-electron chi connectivity index (χ0n) is 13.5. The van der Waals surface area contributed by atoms with Crippen LogP contribution in [0.4, 0.5) is 4.79 Å². The predicted octanol–water partition coefficient (Wildman–Crippen LogP) is 2.32. The summed E-state index contributed by atoms with van der Waals surface area (Å²) < 4.78 is 5.17. The van der Waals surface area contributed by atoms with Crippen LogP contribution in [0.25, 0.3) is 0 Å². The van der Waals surface area contributed by atoms with E-state index in [4.69, 9.17) is 4.74 Å². The maximum Gasteiger partial charge on any atom is 0.407 e. The molecule has 120 valence electrons. The molecule has 0 saturated heterocycles. The fourth-order valence-corrected chi connectivity index (χ4v) is 1.73. The van der Waals surface area contributed by atoms with E-state index >= 15 is 0 Å². The number of allylic oxidation sites excluding steroid dienone is 2. The van der Waals surface area contributed by atoms with Crippen molar-refractivity contribution in [2.75, 3.05) is 6.54 Å². The fourth-order valence-electron chi connectivity index (χ4n) is 1.73. The van der Waals surface area contributed by atoms with Crippen molar-refractivity contribution in [3.8, 4) is 0 Å². The number of carbonyl (C=O) groups is 1. The van der Waals surface area contributed by atoms with Crippen LogP contribution in [-0.4, -0.2) is 33.3 Å². The summed E-state index contributed by atoms with van der Waals surface area (Å²) >= 11 is 0. The van der Waals surface area contributed by atoms with Gasteiger partial charge in [-0.25, -0.2) is 4.79 Å². The first-order valence-corrected chi connectivity index (χ1v) is 6.94. The molecule has 22 heavy (non-hydrogen) atoms. The van der Waals surface area contributed by atoms with Gasteiger partial charge in [-0.1, -0.05) is 18.7 Å². The van der Waals surface area contributed by atoms with Crippen molar-refractivity contribution in [2.45, 2.75) is 38.9 Å². The molecule has 0 saturated carbocycles. The Kier molecular flexibility index (Phi) is 5.82. The molecule has 6 heteroatoms. The van der Waals surface area contributed by atoms with Crippen LogP contribution in [0.2, 0.25) is 0 Å². The van der Waals surface area contributed by atoms with Crippen LogP contribution < -0.4 is 5.32 Å². The summed E-state index contributed by atoms with van der Waals surface area (Å²) in [4.78, 5) is 19.8. The minimum atomic E-state index is -1.38. The summed E-state index contributed by atoms with van der Waals surface area (Å²) in [5, 5.41) is 13.3. The van der Waals surface area contributed by atoms with Crippen molar-refractivity contribution in [1.29, 1.82) is 0 Å². The number of carbonyl (C=O) groups excluding carboxylic acids is 1. The van der Waals surface area contributed by atoms with Crippen molar-refractivity contribution < 1.29 is 14.6 Å². The number of alkyl carbamates (subject to hydrolysis) is 1. The predicted molar refractivity (Wildman–Crippen MR) is 84.1 cm³/mol. The van der Waals surface area contributed by atoms with Crippen molar-refractivity contribution >= 4 is 6.09 Å². The maximum absolute atomic E-state index is 11.7. The van der Waals surface area contributed by atoms with Crippen LogP contribution in [-0.2, 0) is 10.3 Å².